The molecule has 5 rings (SSSR count). The molecule has 1 fully saturated rings. The molecule has 2 aliphatic rings. The van der Waals surface area contributed by atoms with Crippen LogP contribution in [0.2, 0.25) is 0 Å². The van der Waals surface area contributed by atoms with Gasteiger partial charge in [0.25, 0.3) is 5.91 Å². The lowest BCUT2D eigenvalue weighted by atomic mass is 10.0. The predicted molar refractivity (Wildman–Crippen MR) is 137 cm³/mol. The SMILES string of the molecule is CC(C)c1cc(C(=O)N2CCN(CC(=O)N3CCc4ccccc43)CC2)c2cnn(C(C)C)c2n1. The first-order valence-corrected chi connectivity index (χ1v) is 12.6. The molecule has 184 valence electrons. The van der Waals surface area contributed by atoms with Crippen LogP contribution in [0.25, 0.3) is 11.0 Å². The average Bonchev–Trinajstić information content (AvgIpc) is 3.48. The summed E-state index contributed by atoms with van der Waals surface area (Å²) >= 11 is 0. The lowest BCUT2D eigenvalue weighted by Gasteiger charge is -2.35. The van der Waals surface area contributed by atoms with Crippen molar-refractivity contribution in [3.8, 4) is 0 Å². The van der Waals surface area contributed by atoms with E-state index in [1.807, 2.05) is 38.7 Å². The molecule has 8 nitrogen and oxygen atoms in total. The number of para-hydroxylation sites is 1. The van der Waals surface area contributed by atoms with Gasteiger partial charge in [0.1, 0.15) is 0 Å². The first-order valence-electron chi connectivity index (χ1n) is 12.6. The number of hydrogen-bond acceptors (Lipinski definition) is 5. The molecule has 0 aliphatic carbocycles. The molecule has 0 atom stereocenters. The molecule has 8 heteroatoms. The van der Waals surface area contributed by atoms with E-state index in [-0.39, 0.29) is 23.8 Å². The van der Waals surface area contributed by atoms with Crippen molar-refractivity contribution >= 4 is 28.5 Å². The number of hydrogen-bond donors (Lipinski definition) is 0. The average molecular weight is 475 g/mol. The largest absolute Gasteiger partial charge is 0.336 e. The van der Waals surface area contributed by atoms with Crippen molar-refractivity contribution in [2.24, 2.45) is 0 Å². The molecule has 0 saturated carbocycles. The Kier molecular flexibility index (Phi) is 6.32. The minimum Gasteiger partial charge on any atom is -0.336 e. The summed E-state index contributed by atoms with van der Waals surface area (Å²) in [5.74, 6) is 0.357. The number of benzene rings is 1. The van der Waals surface area contributed by atoms with E-state index in [4.69, 9.17) is 4.98 Å². The lowest BCUT2D eigenvalue weighted by molar-refractivity contribution is -0.120. The van der Waals surface area contributed by atoms with Crippen molar-refractivity contribution in [1.29, 1.82) is 0 Å². The zero-order chi connectivity index (χ0) is 24.7. The molecule has 1 aromatic carbocycles. The molecule has 0 N–H and O–H groups in total. The summed E-state index contributed by atoms with van der Waals surface area (Å²) in [7, 11) is 0. The van der Waals surface area contributed by atoms with E-state index in [0.717, 1.165) is 35.4 Å². The highest BCUT2D eigenvalue weighted by molar-refractivity contribution is 6.05. The van der Waals surface area contributed by atoms with Crippen LogP contribution in [0, 0.1) is 0 Å². The molecule has 2 aliphatic heterocycles. The van der Waals surface area contributed by atoms with Gasteiger partial charge >= 0.3 is 0 Å². The van der Waals surface area contributed by atoms with Crippen LogP contribution in [0.3, 0.4) is 0 Å². The Hall–Kier alpha value is -3.26. The Morgan fingerprint density at radius 1 is 1.00 bits per heavy atom. The van der Waals surface area contributed by atoms with E-state index in [1.165, 1.54) is 5.56 Å². The summed E-state index contributed by atoms with van der Waals surface area (Å²) in [5, 5.41) is 5.32. The van der Waals surface area contributed by atoms with E-state index < -0.39 is 0 Å². The zero-order valence-electron chi connectivity index (χ0n) is 21.1. The van der Waals surface area contributed by atoms with Crippen molar-refractivity contribution in [2.45, 2.75) is 46.1 Å². The minimum atomic E-state index is 0.0158. The number of carbonyl (C=O) groups is 2. The Bertz CT molecular complexity index is 1260. The molecular weight excluding hydrogens is 440 g/mol. The molecule has 3 aromatic rings. The second-order valence-electron chi connectivity index (χ2n) is 10.2. The third-order valence-corrected chi connectivity index (χ3v) is 7.10. The van der Waals surface area contributed by atoms with E-state index >= 15 is 0 Å². The lowest BCUT2D eigenvalue weighted by Crippen LogP contribution is -2.51. The molecule has 0 radical (unpaired) electrons. The van der Waals surface area contributed by atoms with Crippen molar-refractivity contribution in [1.82, 2.24) is 24.6 Å². The van der Waals surface area contributed by atoms with Crippen molar-refractivity contribution in [3.05, 3.63) is 53.3 Å². The van der Waals surface area contributed by atoms with Gasteiger partial charge < -0.3 is 9.80 Å². The summed E-state index contributed by atoms with van der Waals surface area (Å²) in [5.41, 5.74) is 4.62. The summed E-state index contributed by atoms with van der Waals surface area (Å²) in [6, 6.07) is 10.2. The van der Waals surface area contributed by atoms with Gasteiger partial charge in [-0.05, 0) is 43.9 Å². The van der Waals surface area contributed by atoms with E-state index in [0.29, 0.717) is 38.3 Å². The monoisotopic (exact) mass is 474 g/mol. The standard InChI is InChI=1S/C27H34N6O2/c1-18(2)23-15-21(22-16-28-33(19(3)4)26(22)29-23)27(35)31-13-11-30(12-14-31)17-25(34)32-10-9-20-7-5-6-8-24(20)32/h5-8,15-16,18-19H,9-14,17H2,1-4H3. The van der Waals surface area contributed by atoms with Crippen LogP contribution < -0.4 is 4.90 Å². The summed E-state index contributed by atoms with van der Waals surface area (Å²) in [6.07, 6.45) is 2.68. The molecule has 4 heterocycles. The van der Waals surface area contributed by atoms with Crippen LogP contribution in [0.4, 0.5) is 5.69 Å². The molecule has 0 spiro atoms. The fourth-order valence-corrected chi connectivity index (χ4v) is 5.04. The Morgan fingerprint density at radius 3 is 2.46 bits per heavy atom. The van der Waals surface area contributed by atoms with Gasteiger partial charge in [0.2, 0.25) is 5.91 Å². The second kappa shape index (κ2) is 9.41. The minimum absolute atomic E-state index is 0.0158. The second-order valence-corrected chi connectivity index (χ2v) is 10.2. The number of pyridine rings is 1. The first kappa shape index (κ1) is 23.5. The fraction of sp³-hybridized carbons (Fsp3) is 0.481. The molecule has 2 aromatic heterocycles. The number of anilines is 1. The van der Waals surface area contributed by atoms with Crippen LogP contribution in [0.1, 0.15) is 61.3 Å². The number of carbonyl (C=O) groups excluding carboxylic acids is 2. The van der Waals surface area contributed by atoms with Gasteiger partial charge in [-0.2, -0.15) is 5.10 Å². The van der Waals surface area contributed by atoms with Crippen LogP contribution >= 0.6 is 0 Å². The molecule has 35 heavy (non-hydrogen) atoms. The number of piperazine rings is 1. The van der Waals surface area contributed by atoms with E-state index in [9.17, 15) is 9.59 Å². The number of amides is 2. The van der Waals surface area contributed by atoms with Crippen LogP contribution in [-0.2, 0) is 11.2 Å². The van der Waals surface area contributed by atoms with Crippen LogP contribution in [-0.4, -0.2) is 75.6 Å². The molecular formula is C27H34N6O2. The Morgan fingerprint density at radius 2 is 1.74 bits per heavy atom. The summed E-state index contributed by atoms with van der Waals surface area (Å²) in [6.45, 7) is 12.0. The van der Waals surface area contributed by atoms with Gasteiger partial charge in [-0.25, -0.2) is 9.67 Å². The number of nitrogens with zero attached hydrogens (tertiary/aromatic N) is 6. The molecule has 1 saturated heterocycles. The van der Waals surface area contributed by atoms with Gasteiger partial charge in [0, 0.05) is 50.1 Å². The summed E-state index contributed by atoms with van der Waals surface area (Å²) < 4.78 is 1.89. The van der Waals surface area contributed by atoms with E-state index in [2.05, 4.69) is 43.8 Å². The smallest absolute Gasteiger partial charge is 0.254 e. The van der Waals surface area contributed by atoms with Crippen molar-refractivity contribution in [2.75, 3.05) is 44.2 Å². The maximum absolute atomic E-state index is 13.6. The normalized spacial score (nSPS) is 16.5. The van der Waals surface area contributed by atoms with Gasteiger partial charge in [-0.1, -0.05) is 32.0 Å². The van der Waals surface area contributed by atoms with E-state index in [1.54, 1.807) is 6.20 Å². The summed E-state index contributed by atoms with van der Waals surface area (Å²) in [4.78, 5) is 37.4. The molecule has 2 amide bonds. The third kappa shape index (κ3) is 4.43. The van der Waals surface area contributed by atoms with Crippen LogP contribution in [0.15, 0.2) is 36.5 Å². The fourth-order valence-electron chi connectivity index (χ4n) is 5.04. The maximum atomic E-state index is 13.6. The van der Waals surface area contributed by atoms with Gasteiger partial charge in [-0.15, -0.1) is 0 Å². The molecule has 0 bridgehead atoms. The number of fused-ring (bicyclic) bond motifs is 2. The number of rotatable bonds is 5. The highest BCUT2D eigenvalue weighted by Crippen LogP contribution is 2.28. The van der Waals surface area contributed by atoms with Crippen molar-refractivity contribution < 1.29 is 9.59 Å². The quantitative estimate of drug-likeness (QED) is 0.566. The van der Waals surface area contributed by atoms with Gasteiger partial charge in [-0.3, -0.25) is 14.5 Å². The number of aromatic nitrogens is 3. The molecule has 0 unspecified atom stereocenters. The van der Waals surface area contributed by atoms with Gasteiger partial charge in [0.15, 0.2) is 5.65 Å². The third-order valence-electron chi connectivity index (χ3n) is 7.10. The first-order chi connectivity index (χ1) is 16.8. The zero-order valence-corrected chi connectivity index (χ0v) is 21.1. The van der Waals surface area contributed by atoms with Gasteiger partial charge in [0.05, 0.1) is 23.7 Å². The Labute approximate surface area is 206 Å². The predicted octanol–water partition coefficient (Wildman–Crippen LogP) is 3.48. The topological polar surface area (TPSA) is 74.6 Å². The highest BCUT2D eigenvalue weighted by Gasteiger charge is 2.29. The van der Waals surface area contributed by atoms with Crippen molar-refractivity contribution in [3.63, 3.8) is 0 Å². The van der Waals surface area contributed by atoms with Crippen LogP contribution in [0.5, 0.6) is 0 Å². The maximum Gasteiger partial charge on any atom is 0.254 e. The Balaban J connectivity index is 1.28. The highest BCUT2D eigenvalue weighted by atomic mass is 16.2.